The molecule has 1 aromatic heterocycles. The summed E-state index contributed by atoms with van der Waals surface area (Å²) in [6, 6.07) is 5.81. The van der Waals surface area contributed by atoms with Crippen LogP contribution in [-0.4, -0.2) is 9.78 Å². The summed E-state index contributed by atoms with van der Waals surface area (Å²) < 4.78 is 8.19. The van der Waals surface area contributed by atoms with Crippen LogP contribution in [0, 0.1) is 6.92 Å². The van der Waals surface area contributed by atoms with Crippen molar-refractivity contribution < 1.29 is 4.74 Å². The molecule has 1 aromatic carbocycles. The summed E-state index contributed by atoms with van der Waals surface area (Å²) in [4.78, 5) is 0. The van der Waals surface area contributed by atoms with Crippen LogP contribution in [0.2, 0.25) is 5.02 Å². The van der Waals surface area contributed by atoms with E-state index in [1.165, 1.54) is 0 Å². The molecule has 0 atom stereocenters. The molecule has 0 saturated carbocycles. The van der Waals surface area contributed by atoms with Crippen molar-refractivity contribution in [2.75, 3.05) is 5.73 Å². The maximum Gasteiger partial charge on any atom is 0.181 e. The third-order valence-corrected chi connectivity index (χ3v) is 3.02. The van der Waals surface area contributed by atoms with Crippen LogP contribution >= 0.6 is 27.5 Å². The van der Waals surface area contributed by atoms with E-state index in [-0.39, 0.29) is 6.73 Å². The van der Waals surface area contributed by atoms with Crippen LogP contribution in [0.4, 0.5) is 5.82 Å². The van der Waals surface area contributed by atoms with Gasteiger partial charge in [-0.05, 0) is 30.7 Å². The molecule has 90 valence electrons. The Morgan fingerprint density at radius 3 is 2.88 bits per heavy atom. The first-order valence-corrected chi connectivity index (χ1v) is 6.11. The van der Waals surface area contributed by atoms with Crippen molar-refractivity contribution in [1.29, 1.82) is 0 Å². The molecular formula is C11H11BrClN3O. The number of nitrogens with zero attached hydrogens (tertiary/aromatic N) is 2. The number of hydrogen-bond donors (Lipinski definition) is 1. The van der Waals surface area contributed by atoms with Crippen LogP contribution in [0.15, 0.2) is 28.9 Å². The van der Waals surface area contributed by atoms with Crippen LogP contribution in [0.25, 0.3) is 0 Å². The smallest absolute Gasteiger partial charge is 0.181 e. The molecule has 0 unspecified atom stereocenters. The van der Waals surface area contributed by atoms with Gasteiger partial charge >= 0.3 is 0 Å². The minimum Gasteiger partial charge on any atom is -0.471 e. The van der Waals surface area contributed by atoms with Crippen molar-refractivity contribution in [1.82, 2.24) is 9.78 Å². The highest BCUT2D eigenvalue weighted by Crippen LogP contribution is 2.23. The van der Waals surface area contributed by atoms with E-state index in [0.29, 0.717) is 10.8 Å². The minimum absolute atomic E-state index is 0.277. The van der Waals surface area contributed by atoms with Gasteiger partial charge in [0, 0.05) is 10.7 Å². The fourth-order valence-corrected chi connectivity index (χ4v) is 2.01. The minimum atomic E-state index is 0.277. The molecule has 0 amide bonds. The van der Waals surface area contributed by atoms with E-state index in [9.17, 15) is 0 Å². The molecule has 1 heterocycles. The fraction of sp³-hybridized carbons (Fsp3) is 0.182. The van der Waals surface area contributed by atoms with Crippen molar-refractivity contribution in [2.24, 2.45) is 0 Å². The lowest BCUT2D eigenvalue weighted by atomic mass is 10.2. The largest absolute Gasteiger partial charge is 0.471 e. The van der Waals surface area contributed by atoms with Gasteiger partial charge in [0.1, 0.15) is 10.8 Å². The van der Waals surface area contributed by atoms with E-state index in [1.807, 2.05) is 25.1 Å². The van der Waals surface area contributed by atoms with Gasteiger partial charge in [0.15, 0.2) is 12.5 Å². The number of halogens is 2. The van der Waals surface area contributed by atoms with Crippen LogP contribution in [-0.2, 0) is 6.73 Å². The molecule has 0 fully saturated rings. The number of nitrogens with two attached hydrogens (primary N) is 1. The molecule has 4 nitrogen and oxygen atoms in total. The van der Waals surface area contributed by atoms with E-state index >= 15 is 0 Å². The lowest BCUT2D eigenvalue weighted by molar-refractivity contribution is 0.220. The number of benzene rings is 1. The number of anilines is 1. The predicted molar refractivity (Wildman–Crippen MR) is 71.2 cm³/mol. The average molecular weight is 317 g/mol. The lowest BCUT2D eigenvalue weighted by Gasteiger charge is -2.09. The number of hydrogen-bond acceptors (Lipinski definition) is 3. The second-order valence-electron chi connectivity index (χ2n) is 3.58. The van der Waals surface area contributed by atoms with Crippen LogP contribution in [0.1, 0.15) is 5.56 Å². The Kier molecular flexibility index (Phi) is 3.59. The molecule has 0 aliphatic rings. The Morgan fingerprint density at radius 2 is 2.29 bits per heavy atom. The van der Waals surface area contributed by atoms with Crippen LogP contribution < -0.4 is 10.5 Å². The van der Waals surface area contributed by atoms with Gasteiger partial charge in [-0.1, -0.05) is 27.5 Å². The zero-order valence-electron chi connectivity index (χ0n) is 9.15. The number of ether oxygens (including phenoxy) is 1. The Hall–Kier alpha value is -1.20. The summed E-state index contributed by atoms with van der Waals surface area (Å²) in [5.74, 6) is 1.11. The predicted octanol–water partition coefficient (Wildman–Crippen LogP) is 3.23. The summed E-state index contributed by atoms with van der Waals surface area (Å²) in [6.07, 6.45) is 1.63. The molecule has 2 rings (SSSR count). The molecule has 0 radical (unpaired) electrons. The zero-order valence-corrected chi connectivity index (χ0v) is 11.5. The molecule has 2 aromatic rings. The molecule has 0 spiro atoms. The number of aryl methyl sites for hydroxylation is 1. The molecule has 6 heteroatoms. The normalized spacial score (nSPS) is 10.5. The molecule has 0 bridgehead atoms. The van der Waals surface area contributed by atoms with Gasteiger partial charge in [-0.15, -0.1) is 0 Å². The molecule has 2 N–H and O–H groups in total. The highest BCUT2D eigenvalue weighted by molar-refractivity contribution is 9.10. The molecular weight excluding hydrogens is 305 g/mol. The number of rotatable bonds is 3. The highest BCUT2D eigenvalue weighted by Gasteiger charge is 2.04. The van der Waals surface area contributed by atoms with Gasteiger partial charge in [-0.2, -0.15) is 5.10 Å². The first-order chi connectivity index (χ1) is 8.06. The molecule has 17 heavy (non-hydrogen) atoms. The summed E-state index contributed by atoms with van der Waals surface area (Å²) in [5, 5.41) is 4.43. The van der Waals surface area contributed by atoms with E-state index in [2.05, 4.69) is 21.0 Å². The van der Waals surface area contributed by atoms with E-state index in [0.717, 1.165) is 15.8 Å². The third kappa shape index (κ3) is 2.92. The molecule has 0 saturated heterocycles. The monoisotopic (exact) mass is 315 g/mol. The first kappa shape index (κ1) is 12.3. The van der Waals surface area contributed by atoms with Crippen molar-refractivity contribution in [3.8, 4) is 5.75 Å². The zero-order chi connectivity index (χ0) is 12.4. The average Bonchev–Trinajstić information content (AvgIpc) is 2.57. The van der Waals surface area contributed by atoms with Crippen molar-refractivity contribution in [3.05, 3.63) is 39.5 Å². The summed E-state index contributed by atoms with van der Waals surface area (Å²) in [5.41, 5.74) is 6.58. The van der Waals surface area contributed by atoms with Gasteiger partial charge in [-0.25, -0.2) is 4.68 Å². The second-order valence-corrected chi connectivity index (χ2v) is 4.91. The van der Waals surface area contributed by atoms with Crippen molar-refractivity contribution in [2.45, 2.75) is 13.7 Å². The highest BCUT2D eigenvalue weighted by atomic mass is 79.9. The van der Waals surface area contributed by atoms with Crippen molar-refractivity contribution in [3.63, 3.8) is 0 Å². The Labute approximate surface area is 112 Å². The summed E-state index contributed by atoms with van der Waals surface area (Å²) >= 11 is 9.19. The third-order valence-electron chi connectivity index (χ3n) is 2.23. The lowest BCUT2D eigenvalue weighted by Crippen LogP contribution is -2.06. The molecule has 0 aliphatic carbocycles. The number of nitrogen functional groups attached to an aromatic ring is 1. The van der Waals surface area contributed by atoms with Gasteiger partial charge in [0.25, 0.3) is 0 Å². The Morgan fingerprint density at radius 1 is 1.53 bits per heavy atom. The topological polar surface area (TPSA) is 53.1 Å². The van der Waals surface area contributed by atoms with Gasteiger partial charge in [0.05, 0.1) is 0 Å². The summed E-state index contributed by atoms with van der Waals surface area (Å²) in [6.45, 7) is 2.25. The van der Waals surface area contributed by atoms with Crippen molar-refractivity contribution >= 4 is 33.3 Å². The van der Waals surface area contributed by atoms with E-state index < -0.39 is 0 Å². The number of aromatic nitrogens is 2. The van der Waals surface area contributed by atoms with E-state index in [4.69, 9.17) is 22.1 Å². The molecule has 0 aliphatic heterocycles. The Balaban J connectivity index is 2.07. The van der Waals surface area contributed by atoms with E-state index in [1.54, 1.807) is 10.9 Å². The van der Waals surface area contributed by atoms with Gasteiger partial charge < -0.3 is 10.5 Å². The van der Waals surface area contributed by atoms with Gasteiger partial charge in [-0.3, -0.25) is 0 Å². The maximum absolute atomic E-state index is 5.79. The first-order valence-electron chi connectivity index (χ1n) is 4.93. The summed E-state index contributed by atoms with van der Waals surface area (Å²) in [7, 11) is 0. The maximum atomic E-state index is 5.79. The second kappa shape index (κ2) is 4.98. The van der Waals surface area contributed by atoms with Crippen LogP contribution in [0.5, 0.6) is 5.75 Å². The standard InChI is InChI=1S/C11H11BrClN3O/c1-7-4-8(12)2-3-10(7)17-6-16-5-9(13)11(14)15-16/h2-5H,6H2,1H3,(H2,14,15). The fourth-order valence-electron chi connectivity index (χ4n) is 1.39. The SMILES string of the molecule is Cc1cc(Br)ccc1OCn1cc(Cl)c(N)n1. The quantitative estimate of drug-likeness (QED) is 0.946. The van der Waals surface area contributed by atoms with Gasteiger partial charge in [0.2, 0.25) is 0 Å². The van der Waals surface area contributed by atoms with Crippen LogP contribution in [0.3, 0.4) is 0 Å². The Bertz CT molecular complexity index is 522.